The first-order valence-corrected chi connectivity index (χ1v) is 9.79. The van der Waals surface area contributed by atoms with Crippen LogP contribution >= 0.6 is 0 Å². The quantitative estimate of drug-likeness (QED) is 0.528. The standard InChI is InChI=1S/C22H26N2O5/c1-14(2)17-8-6-15(3)11-21(17)29-20-9-7-16(12-19(20)24(27)28)13-23-10-4-5-18(23)22(25)26/h6-9,11-12,14,18H,4-5,10,13H2,1-3H3,(H,25,26)/t18-/m0/s1. The van der Waals surface area contributed by atoms with E-state index in [1.54, 1.807) is 12.1 Å². The van der Waals surface area contributed by atoms with E-state index in [9.17, 15) is 20.0 Å². The van der Waals surface area contributed by atoms with Crippen LogP contribution in [0.4, 0.5) is 5.69 Å². The molecule has 0 unspecified atom stereocenters. The van der Waals surface area contributed by atoms with Crippen molar-refractivity contribution in [2.24, 2.45) is 0 Å². The number of hydrogen-bond donors (Lipinski definition) is 1. The summed E-state index contributed by atoms with van der Waals surface area (Å²) in [5.74, 6) is 0.161. The highest BCUT2D eigenvalue weighted by molar-refractivity contribution is 5.73. The summed E-state index contributed by atoms with van der Waals surface area (Å²) in [6.45, 7) is 7.07. The van der Waals surface area contributed by atoms with E-state index in [0.29, 0.717) is 30.8 Å². The monoisotopic (exact) mass is 398 g/mol. The third kappa shape index (κ3) is 4.74. The molecule has 0 amide bonds. The van der Waals surface area contributed by atoms with Crippen molar-refractivity contribution in [3.05, 3.63) is 63.2 Å². The lowest BCUT2D eigenvalue weighted by atomic mass is 10.0. The second kappa shape index (κ2) is 8.61. The smallest absolute Gasteiger partial charge is 0.320 e. The molecular weight excluding hydrogens is 372 g/mol. The minimum Gasteiger partial charge on any atom is -0.480 e. The third-order valence-electron chi connectivity index (χ3n) is 5.27. The van der Waals surface area contributed by atoms with Crippen LogP contribution in [0.1, 0.15) is 49.3 Å². The predicted molar refractivity (Wildman–Crippen MR) is 110 cm³/mol. The Bertz CT molecular complexity index is 925. The largest absolute Gasteiger partial charge is 0.480 e. The molecule has 0 aliphatic carbocycles. The van der Waals surface area contributed by atoms with Gasteiger partial charge in [0.05, 0.1) is 4.92 Å². The number of rotatable bonds is 7. The molecule has 29 heavy (non-hydrogen) atoms. The van der Waals surface area contributed by atoms with Gasteiger partial charge in [0.25, 0.3) is 0 Å². The zero-order chi connectivity index (χ0) is 21.1. The first kappa shape index (κ1) is 20.8. The first-order valence-electron chi connectivity index (χ1n) is 9.79. The van der Waals surface area contributed by atoms with Gasteiger partial charge in [-0.25, -0.2) is 0 Å². The molecule has 0 aromatic heterocycles. The molecular formula is C22H26N2O5. The summed E-state index contributed by atoms with van der Waals surface area (Å²) in [5, 5.41) is 21.0. The Balaban J connectivity index is 1.89. The lowest BCUT2D eigenvalue weighted by Gasteiger charge is -2.21. The van der Waals surface area contributed by atoms with E-state index >= 15 is 0 Å². The first-order chi connectivity index (χ1) is 13.8. The Morgan fingerprint density at radius 2 is 2.03 bits per heavy atom. The maximum absolute atomic E-state index is 11.7. The molecule has 2 aromatic rings. The van der Waals surface area contributed by atoms with Crippen molar-refractivity contribution in [3.63, 3.8) is 0 Å². The van der Waals surface area contributed by atoms with Gasteiger partial charge in [-0.3, -0.25) is 19.8 Å². The summed E-state index contributed by atoms with van der Waals surface area (Å²) >= 11 is 0. The lowest BCUT2D eigenvalue weighted by molar-refractivity contribution is -0.385. The van der Waals surface area contributed by atoms with Gasteiger partial charge >= 0.3 is 11.7 Å². The van der Waals surface area contributed by atoms with E-state index < -0.39 is 16.9 Å². The highest BCUT2D eigenvalue weighted by Gasteiger charge is 2.30. The number of carboxylic acids is 1. The van der Waals surface area contributed by atoms with E-state index in [1.807, 2.05) is 43.9 Å². The number of nitro benzene ring substituents is 1. The summed E-state index contributed by atoms with van der Waals surface area (Å²) in [5.41, 5.74) is 2.57. The molecule has 154 valence electrons. The normalized spacial score (nSPS) is 16.9. The van der Waals surface area contributed by atoms with Crippen LogP contribution in [-0.2, 0) is 11.3 Å². The number of carboxylic acid groups (broad SMARTS) is 1. The topological polar surface area (TPSA) is 92.9 Å². The Morgan fingerprint density at radius 1 is 1.28 bits per heavy atom. The van der Waals surface area contributed by atoms with Gasteiger partial charge < -0.3 is 9.84 Å². The Labute approximate surface area is 170 Å². The van der Waals surface area contributed by atoms with Crippen LogP contribution in [0.2, 0.25) is 0 Å². The molecule has 2 aromatic carbocycles. The SMILES string of the molecule is Cc1ccc(C(C)C)c(Oc2ccc(CN3CCC[C@H]3C(=O)O)cc2[N+](=O)[O-])c1. The fourth-order valence-electron chi connectivity index (χ4n) is 3.75. The number of hydrogen-bond acceptors (Lipinski definition) is 5. The van der Waals surface area contributed by atoms with Gasteiger partial charge in [-0.05, 0) is 61.1 Å². The molecule has 0 bridgehead atoms. The van der Waals surface area contributed by atoms with E-state index in [1.165, 1.54) is 6.07 Å². The van der Waals surface area contributed by atoms with Crippen LogP contribution in [0.15, 0.2) is 36.4 Å². The summed E-state index contributed by atoms with van der Waals surface area (Å²) in [6, 6.07) is 10.2. The maximum Gasteiger partial charge on any atom is 0.320 e. The zero-order valence-electron chi connectivity index (χ0n) is 16.9. The molecule has 1 N–H and O–H groups in total. The molecule has 1 saturated heterocycles. The van der Waals surface area contributed by atoms with Crippen LogP contribution in [0.3, 0.4) is 0 Å². The van der Waals surface area contributed by atoms with Crippen molar-refractivity contribution < 1.29 is 19.6 Å². The number of ether oxygens (including phenoxy) is 1. The van der Waals surface area contributed by atoms with E-state index in [-0.39, 0.29) is 17.4 Å². The minimum atomic E-state index is -0.849. The summed E-state index contributed by atoms with van der Waals surface area (Å²) in [7, 11) is 0. The van der Waals surface area contributed by atoms with E-state index in [2.05, 4.69) is 0 Å². The molecule has 1 heterocycles. The van der Waals surface area contributed by atoms with Gasteiger partial charge in [0.15, 0.2) is 0 Å². The minimum absolute atomic E-state index is 0.121. The Hall–Kier alpha value is -2.93. The van der Waals surface area contributed by atoms with E-state index in [4.69, 9.17) is 4.74 Å². The highest BCUT2D eigenvalue weighted by atomic mass is 16.6. The number of aliphatic carboxylic acids is 1. The van der Waals surface area contributed by atoms with Gasteiger partial charge in [0.1, 0.15) is 11.8 Å². The number of aryl methyl sites for hydroxylation is 1. The summed E-state index contributed by atoms with van der Waals surface area (Å²) in [6.07, 6.45) is 1.41. The Kier molecular flexibility index (Phi) is 6.17. The average Bonchev–Trinajstić information content (AvgIpc) is 3.11. The number of nitro groups is 1. The highest BCUT2D eigenvalue weighted by Crippen LogP contribution is 2.37. The molecule has 1 aliphatic rings. The molecule has 3 rings (SSSR count). The number of carbonyl (C=O) groups is 1. The molecule has 0 spiro atoms. The van der Waals surface area contributed by atoms with Crippen LogP contribution < -0.4 is 4.74 Å². The van der Waals surface area contributed by atoms with Gasteiger partial charge in [-0.1, -0.05) is 32.0 Å². The van der Waals surface area contributed by atoms with Gasteiger partial charge in [0.2, 0.25) is 5.75 Å². The van der Waals surface area contributed by atoms with Gasteiger partial charge in [-0.2, -0.15) is 0 Å². The average molecular weight is 398 g/mol. The molecule has 1 aliphatic heterocycles. The molecule has 0 radical (unpaired) electrons. The summed E-state index contributed by atoms with van der Waals surface area (Å²) in [4.78, 5) is 24.4. The van der Waals surface area contributed by atoms with Crippen LogP contribution in [0.5, 0.6) is 11.5 Å². The van der Waals surface area contributed by atoms with Crippen molar-refractivity contribution in [2.45, 2.75) is 52.1 Å². The molecule has 1 atom stereocenters. The molecule has 7 heteroatoms. The third-order valence-corrected chi connectivity index (χ3v) is 5.27. The van der Waals surface area contributed by atoms with Crippen LogP contribution in [-0.4, -0.2) is 33.5 Å². The number of benzene rings is 2. The van der Waals surface area contributed by atoms with E-state index in [0.717, 1.165) is 17.5 Å². The molecule has 7 nitrogen and oxygen atoms in total. The van der Waals surface area contributed by atoms with Crippen molar-refractivity contribution in [2.75, 3.05) is 6.54 Å². The Morgan fingerprint density at radius 3 is 2.69 bits per heavy atom. The second-order valence-corrected chi connectivity index (χ2v) is 7.82. The van der Waals surface area contributed by atoms with Gasteiger partial charge in [0, 0.05) is 12.6 Å². The lowest BCUT2D eigenvalue weighted by Crippen LogP contribution is -2.35. The van der Waals surface area contributed by atoms with Crippen molar-refractivity contribution in [1.29, 1.82) is 0 Å². The molecule has 1 fully saturated rings. The zero-order valence-corrected chi connectivity index (χ0v) is 16.9. The maximum atomic E-state index is 11.7. The van der Waals surface area contributed by atoms with Crippen molar-refractivity contribution in [1.82, 2.24) is 4.90 Å². The number of nitrogens with zero attached hydrogens (tertiary/aromatic N) is 2. The fourth-order valence-corrected chi connectivity index (χ4v) is 3.75. The predicted octanol–water partition coefficient (Wildman–Crippen LogP) is 4.87. The number of likely N-dealkylation sites (tertiary alicyclic amines) is 1. The van der Waals surface area contributed by atoms with Crippen molar-refractivity contribution >= 4 is 11.7 Å². The fraction of sp³-hybridized carbons (Fsp3) is 0.409. The van der Waals surface area contributed by atoms with Crippen LogP contribution in [0, 0.1) is 17.0 Å². The molecule has 0 saturated carbocycles. The van der Waals surface area contributed by atoms with Crippen LogP contribution in [0.25, 0.3) is 0 Å². The van der Waals surface area contributed by atoms with Crippen molar-refractivity contribution in [3.8, 4) is 11.5 Å². The summed E-state index contributed by atoms with van der Waals surface area (Å²) < 4.78 is 5.98. The second-order valence-electron chi connectivity index (χ2n) is 7.82. The van der Waals surface area contributed by atoms with Gasteiger partial charge in [-0.15, -0.1) is 0 Å².